The predicted molar refractivity (Wildman–Crippen MR) is 85.4 cm³/mol. The summed E-state index contributed by atoms with van der Waals surface area (Å²) in [6.45, 7) is 3.80. The minimum Gasteiger partial charge on any atom is -0.465 e. The Bertz CT molecular complexity index is 721. The number of carbonyl (C=O) groups is 2. The number of hydrogen-bond donors (Lipinski definition) is 3. The number of aromatic nitrogens is 2. The number of anilines is 1. The number of nitrogens with zero attached hydrogens (tertiary/aromatic N) is 3. The zero-order valence-corrected chi connectivity index (χ0v) is 12.8. The van der Waals surface area contributed by atoms with Crippen molar-refractivity contribution in [2.24, 2.45) is 0 Å². The second-order valence-electron chi connectivity index (χ2n) is 5.64. The molecule has 1 fully saturated rings. The lowest BCUT2D eigenvalue weighted by molar-refractivity contribution is -0.121. The van der Waals surface area contributed by atoms with Crippen molar-refractivity contribution in [2.75, 3.05) is 31.5 Å². The highest BCUT2D eigenvalue weighted by Crippen LogP contribution is 2.17. The lowest BCUT2D eigenvalue weighted by atomic mass is 10.2. The smallest absolute Gasteiger partial charge is 0.407 e. The van der Waals surface area contributed by atoms with Gasteiger partial charge in [-0.3, -0.25) is 14.8 Å². The van der Waals surface area contributed by atoms with Crippen LogP contribution in [0.4, 0.5) is 10.5 Å². The van der Waals surface area contributed by atoms with Gasteiger partial charge in [-0.25, -0.2) is 4.79 Å². The molecular formula is C15H19N5O3. The third kappa shape index (κ3) is 3.26. The molecule has 122 valence electrons. The van der Waals surface area contributed by atoms with Gasteiger partial charge in [-0.15, -0.1) is 0 Å². The van der Waals surface area contributed by atoms with Gasteiger partial charge in [-0.2, -0.15) is 5.10 Å². The van der Waals surface area contributed by atoms with Crippen LogP contribution in [0.1, 0.15) is 6.92 Å². The van der Waals surface area contributed by atoms with Crippen molar-refractivity contribution in [1.82, 2.24) is 20.0 Å². The Morgan fingerprint density at radius 1 is 1.30 bits per heavy atom. The molecule has 0 spiro atoms. The largest absolute Gasteiger partial charge is 0.465 e. The van der Waals surface area contributed by atoms with Gasteiger partial charge in [0.05, 0.1) is 17.8 Å². The molecule has 1 atom stereocenters. The fraction of sp³-hybridized carbons (Fsp3) is 0.400. The van der Waals surface area contributed by atoms with E-state index in [4.69, 9.17) is 5.11 Å². The zero-order chi connectivity index (χ0) is 16.4. The summed E-state index contributed by atoms with van der Waals surface area (Å²) in [5.41, 5.74) is 1.64. The molecule has 1 aromatic carbocycles. The topological polar surface area (TPSA) is 102 Å². The molecule has 3 rings (SSSR count). The Balaban J connectivity index is 1.60. The van der Waals surface area contributed by atoms with Gasteiger partial charge in [-0.05, 0) is 25.1 Å². The molecule has 3 N–H and O–H groups in total. The molecule has 1 saturated heterocycles. The Morgan fingerprint density at radius 2 is 2.04 bits per heavy atom. The first kappa shape index (κ1) is 15.3. The summed E-state index contributed by atoms with van der Waals surface area (Å²) in [6.07, 6.45) is 0.801. The number of hydrogen-bond acceptors (Lipinski definition) is 4. The van der Waals surface area contributed by atoms with E-state index in [1.165, 1.54) is 4.90 Å². The van der Waals surface area contributed by atoms with E-state index in [1.807, 2.05) is 30.0 Å². The number of benzene rings is 1. The van der Waals surface area contributed by atoms with E-state index in [1.54, 1.807) is 6.20 Å². The summed E-state index contributed by atoms with van der Waals surface area (Å²) in [5, 5.41) is 19.6. The Kier molecular flexibility index (Phi) is 4.16. The van der Waals surface area contributed by atoms with Gasteiger partial charge in [0.15, 0.2) is 0 Å². The molecule has 2 aromatic rings. The lowest BCUT2D eigenvalue weighted by Crippen LogP contribution is -2.53. The number of amides is 2. The van der Waals surface area contributed by atoms with E-state index in [9.17, 15) is 9.59 Å². The quantitative estimate of drug-likeness (QED) is 0.789. The highest BCUT2D eigenvalue weighted by molar-refractivity contribution is 5.96. The van der Waals surface area contributed by atoms with Crippen molar-refractivity contribution in [1.29, 1.82) is 0 Å². The summed E-state index contributed by atoms with van der Waals surface area (Å²) >= 11 is 0. The van der Waals surface area contributed by atoms with Gasteiger partial charge in [-0.1, -0.05) is 0 Å². The molecule has 8 nitrogen and oxygen atoms in total. The first-order valence-corrected chi connectivity index (χ1v) is 7.50. The van der Waals surface area contributed by atoms with Gasteiger partial charge in [0, 0.05) is 37.3 Å². The van der Waals surface area contributed by atoms with E-state index in [0.29, 0.717) is 26.2 Å². The second-order valence-corrected chi connectivity index (χ2v) is 5.64. The van der Waals surface area contributed by atoms with E-state index in [2.05, 4.69) is 15.5 Å². The molecule has 1 aliphatic rings. The maximum absolute atomic E-state index is 12.4. The van der Waals surface area contributed by atoms with Crippen molar-refractivity contribution in [3.05, 3.63) is 24.4 Å². The molecule has 2 heterocycles. The van der Waals surface area contributed by atoms with E-state index in [-0.39, 0.29) is 11.9 Å². The third-order valence-corrected chi connectivity index (χ3v) is 4.22. The van der Waals surface area contributed by atoms with Gasteiger partial charge >= 0.3 is 6.09 Å². The van der Waals surface area contributed by atoms with Crippen molar-refractivity contribution in [2.45, 2.75) is 13.0 Å². The van der Waals surface area contributed by atoms with E-state index < -0.39 is 6.09 Å². The van der Waals surface area contributed by atoms with Crippen LogP contribution in [0.25, 0.3) is 10.9 Å². The number of carboxylic acid groups (broad SMARTS) is 1. The number of rotatable bonds is 3. The van der Waals surface area contributed by atoms with Crippen LogP contribution in [-0.4, -0.2) is 69.3 Å². The van der Waals surface area contributed by atoms with Crippen molar-refractivity contribution in [3.63, 3.8) is 0 Å². The van der Waals surface area contributed by atoms with Crippen LogP contribution in [-0.2, 0) is 4.79 Å². The van der Waals surface area contributed by atoms with Crippen LogP contribution >= 0.6 is 0 Å². The van der Waals surface area contributed by atoms with Gasteiger partial charge < -0.3 is 15.3 Å². The van der Waals surface area contributed by atoms with E-state index >= 15 is 0 Å². The molecule has 0 aliphatic carbocycles. The molecule has 0 radical (unpaired) electrons. The number of piperazine rings is 1. The fourth-order valence-corrected chi connectivity index (χ4v) is 2.73. The average Bonchev–Trinajstić information content (AvgIpc) is 3.01. The second kappa shape index (κ2) is 6.25. The SMILES string of the molecule is CC(C(=O)Nc1ccc2[nH]ncc2c1)N1CCN(C(=O)O)CC1. The number of aromatic amines is 1. The van der Waals surface area contributed by atoms with Gasteiger partial charge in [0.25, 0.3) is 0 Å². The predicted octanol–water partition coefficient (Wildman–Crippen LogP) is 1.19. The highest BCUT2D eigenvalue weighted by Gasteiger charge is 2.27. The maximum Gasteiger partial charge on any atom is 0.407 e. The van der Waals surface area contributed by atoms with Crippen molar-refractivity contribution < 1.29 is 14.7 Å². The molecule has 0 saturated carbocycles. The third-order valence-electron chi connectivity index (χ3n) is 4.22. The van der Waals surface area contributed by atoms with Crippen LogP contribution in [0.2, 0.25) is 0 Å². The number of carbonyl (C=O) groups excluding carboxylic acids is 1. The molecule has 23 heavy (non-hydrogen) atoms. The van der Waals surface area contributed by atoms with Gasteiger partial charge in [0.1, 0.15) is 0 Å². The van der Waals surface area contributed by atoms with Crippen LogP contribution in [0, 0.1) is 0 Å². The fourth-order valence-electron chi connectivity index (χ4n) is 2.73. The molecule has 2 amide bonds. The molecule has 1 aromatic heterocycles. The van der Waals surface area contributed by atoms with Crippen molar-refractivity contribution in [3.8, 4) is 0 Å². The Hall–Kier alpha value is -2.61. The normalized spacial score (nSPS) is 17.2. The number of fused-ring (bicyclic) bond motifs is 1. The van der Waals surface area contributed by atoms with Crippen LogP contribution < -0.4 is 5.32 Å². The molecule has 1 unspecified atom stereocenters. The Labute approximate surface area is 133 Å². The summed E-state index contributed by atoms with van der Waals surface area (Å²) in [4.78, 5) is 26.7. The van der Waals surface area contributed by atoms with E-state index in [0.717, 1.165) is 16.6 Å². The summed E-state index contributed by atoms with van der Waals surface area (Å²) in [7, 11) is 0. The number of nitrogens with one attached hydrogen (secondary N) is 2. The van der Waals surface area contributed by atoms with Crippen LogP contribution in [0.3, 0.4) is 0 Å². The summed E-state index contributed by atoms with van der Waals surface area (Å²) in [6, 6.07) is 5.25. The maximum atomic E-state index is 12.4. The summed E-state index contributed by atoms with van der Waals surface area (Å²) < 4.78 is 0. The highest BCUT2D eigenvalue weighted by atomic mass is 16.4. The first-order valence-electron chi connectivity index (χ1n) is 7.50. The standard InChI is InChI=1S/C15H19N5O3/c1-10(19-4-6-20(7-5-19)15(22)23)14(21)17-12-2-3-13-11(8-12)9-16-18-13/h2-3,8-10H,4-7H2,1H3,(H,16,18)(H,17,21)(H,22,23). The molecule has 8 heteroatoms. The van der Waals surface area contributed by atoms with Crippen molar-refractivity contribution >= 4 is 28.6 Å². The van der Waals surface area contributed by atoms with Crippen LogP contribution in [0.15, 0.2) is 24.4 Å². The molecule has 1 aliphatic heterocycles. The van der Waals surface area contributed by atoms with Crippen LogP contribution in [0.5, 0.6) is 0 Å². The zero-order valence-electron chi connectivity index (χ0n) is 12.8. The minimum atomic E-state index is -0.907. The lowest BCUT2D eigenvalue weighted by Gasteiger charge is -2.36. The monoisotopic (exact) mass is 317 g/mol. The van der Waals surface area contributed by atoms with Gasteiger partial charge in [0.2, 0.25) is 5.91 Å². The Morgan fingerprint density at radius 3 is 2.74 bits per heavy atom. The number of H-pyrrole nitrogens is 1. The first-order chi connectivity index (χ1) is 11.0. The molecule has 0 bridgehead atoms. The molecular weight excluding hydrogens is 298 g/mol. The minimum absolute atomic E-state index is 0.100. The average molecular weight is 317 g/mol. The summed E-state index contributed by atoms with van der Waals surface area (Å²) in [5.74, 6) is -0.100.